The second-order valence-electron chi connectivity index (χ2n) is 6.80. The molecule has 7 heteroatoms. The van der Waals surface area contributed by atoms with Crippen molar-refractivity contribution in [3.05, 3.63) is 17.5 Å². The fourth-order valence-corrected chi connectivity index (χ4v) is 3.71. The van der Waals surface area contributed by atoms with Gasteiger partial charge in [0.2, 0.25) is 0 Å². The molecule has 1 aromatic rings. The average molecular weight is 334 g/mol. The van der Waals surface area contributed by atoms with E-state index in [1.54, 1.807) is 0 Å². The molecule has 1 unspecified atom stereocenters. The number of hydrogen-bond donors (Lipinski definition) is 3. The van der Waals surface area contributed by atoms with Gasteiger partial charge in [0.15, 0.2) is 0 Å². The molecule has 1 heterocycles. The fraction of sp³-hybridized carbons (Fsp3) is 0.706. The maximum Gasteiger partial charge on any atom is 0.315 e. The number of carbonyl (C=O) groups is 2. The van der Waals surface area contributed by atoms with Crippen LogP contribution >= 0.6 is 0 Å². The van der Waals surface area contributed by atoms with E-state index in [1.165, 1.54) is 31.2 Å². The molecular weight excluding hydrogens is 308 g/mol. The highest BCUT2D eigenvalue weighted by Gasteiger charge is 2.27. The Morgan fingerprint density at radius 1 is 1.25 bits per heavy atom. The molecule has 0 radical (unpaired) electrons. The van der Waals surface area contributed by atoms with Crippen LogP contribution in [0.1, 0.15) is 74.7 Å². The normalized spacial score (nSPS) is 20.6. The van der Waals surface area contributed by atoms with Crippen molar-refractivity contribution in [2.75, 3.05) is 6.54 Å². The molecule has 3 N–H and O–H groups in total. The first-order valence-corrected chi connectivity index (χ1v) is 8.97. The van der Waals surface area contributed by atoms with Crippen molar-refractivity contribution in [1.29, 1.82) is 0 Å². The number of nitrogens with one attached hydrogen (secondary N) is 2. The van der Waals surface area contributed by atoms with E-state index in [-0.39, 0.29) is 18.5 Å². The molecule has 0 aromatic carbocycles. The average Bonchev–Trinajstić information content (AvgIpc) is 3.20. The van der Waals surface area contributed by atoms with Crippen molar-refractivity contribution >= 4 is 12.0 Å². The van der Waals surface area contributed by atoms with E-state index in [2.05, 4.69) is 21.5 Å². The maximum absolute atomic E-state index is 12.0. The molecule has 2 amide bonds. The van der Waals surface area contributed by atoms with Gasteiger partial charge in [-0.05, 0) is 44.1 Å². The summed E-state index contributed by atoms with van der Waals surface area (Å²) < 4.78 is 2.11. The van der Waals surface area contributed by atoms with Crippen LogP contribution in [0.4, 0.5) is 4.79 Å². The van der Waals surface area contributed by atoms with Gasteiger partial charge in [0, 0.05) is 19.2 Å². The zero-order chi connectivity index (χ0) is 16.9. The summed E-state index contributed by atoms with van der Waals surface area (Å²) in [6.45, 7) is 0.369. The summed E-state index contributed by atoms with van der Waals surface area (Å²) in [5, 5.41) is 19.1. The minimum Gasteiger partial charge on any atom is -0.481 e. The Balaban J connectivity index is 1.56. The molecule has 3 rings (SSSR count). The smallest absolute Gasteiger partial charge is 0.315 e. The second-order valence-corrected chi connectivity index (χ2v) is 6.80. The van der Waals surface area contributed by atoms with Crippen LogP contribution in [-0.2, 0) is 11.2 Å². The standard InChI is InChI=1S/C17H26N4O3/c22-15(23)9-4-10-18-17(24)19-14-8-3-5-12-11-21(20-16(12)14)13-6-1-2-7-13/h11,13-14H,1-10H2,(H,22,23)(H2,18,19,24). The molecule has 0 saturated heterocycles. The molecular formula is C17H26N4O3. The summed E-state index contributed by atoms with van der Waals surface area (Å²) in [5.41, 5.74) is 2.26. The molecule has 0 spiro atoms. The zero-order valence-corrected chi connectivity index (χ0v) is 14.0. The number of nitrogens with zero attached hydrogens (tertiary/aromatic N) is 2. The minimum atomic E-state index is -0.841. The first-order valence-electron chi connectivity index (χ1n) is 8.97. The number of urea groups is 1. The summed E-state index contributed by atoms with van der Waals surface area (Å²) in [7, 11) is 0. The lowest BCUT2D eigenvalue weighted by Crippen LogP contribution is -2.39. The third-order valence-electron chi connectivity index (χ3n) is 4.97. The van der Waals surface area contributed by atoms with Gasteiger partial charge >= 0.3 is 12.0 Å². The Morgan fingerprint density at radius 2 is 2.04 bits per heavy atom. The molecule has 7 nitrogen and oxygen atoms in total. The minimum absolute atomic E-state index is 0.0455. The predicted octanol–water partition coefficient (Wildman–Crippen LogP) is 2.54. The van der Waals surface area contributed by atoms with Gasteiger partial charge in [-0.3, -0.25) is 9.48 Å². The van der Waals surface area contributed by atoms with E-state index < -0.39 is 5.97 Å². The molecule has 0 aliphatic heterocycles. The van der Waals surface area contributed by atoms with Crippen LogP contribution in [-0.4, -0.2) is 33.4 Å². The van der Waals surface area contributed by atoms with Crippen molar-refractivity contribution in [1.82, 2.24) is 20.4 Å². The first-order chi connectivity index (χ1) is 11.6. The van der Waals surface area contributed by atoms with E-state index in [0.29, 0.717) is 19.0 Å². The van der Waals surface area contributed by atoms with Crippen LogP contribution in [0, 0.1) is 0 Å². The van der Waals surface area contributed by atoms with Gasteiger partial charge in [0.1, 0.15) is 0 Å². The van der Waals surface area contributed by atoms with Crippen LogP contribution in [0.15, 0.2) is 6.20 Å². The lowest BCUT2D eigenvalue weighted by Gasteiger charge is -2.22. The van der Waals surface area contributed by atoms with Gasteiger partial charge in [-0.15, -0.1) is 0 Å². The van der Waals surface area contributed by atoms with Gasteiger partial charge < -0.3 is 15.7 Å². The van der Waals surface area contributed by atoms with Crippen LogP contribution in [0.2, 0.25) is 0 Å². The van der Waals surface area contributed by atoms with E-state index >= 15 is 0 Å². The Morgan fingerprint density at radius 3 is 2.79 bits per heavy atom. The van der Waals surface area contributed by atoms with Crippen LogP contribution in [0.5, 0.6) is 0 Å². The summed E-state index contributed by atoms with van der Waals surface area (Å²) in [6.07, 6.45) is 10.6. The zero-order valence-electron chi connectivity index (χ0n) is 14.0. The molecule has 0 bridgehead atoms. The number of aliphatic carboxylic acids is 1. The number of carbonyl (C=O) groups excluding carboxylic acids is 1. The van der Waals surface area contributed by atoms with Gasteiger partial charge in [-0.25, -0.2) is 4.79 Å². The molecule has 24 heavy (non-hydrogen) atoms. The third kappa shape index (κ3) is 4.07. The SMILES string of the molecule is O=C(O)CCCNC(=O)NC1CCCc2cn(C3CCCC3)nc21. The van der Waals surface area contributed by atoms with E-state index in [0.717, 1.165) is 25.0 Å². The Bertz CT molecular complexity index is 593. The van der Waals surface area contributed by atoms with Crippen LogP contribution in [0.3, 0.4) is 0 Å². The van der Waals surface area contributed by atoms with Crippen LogP contribution < -0.4 is 10.6 Å². The summed E-state index contributed by atoms with van der Waals surface area (Å²) in [5.74, 6) is -0.841. The Kier molecular flexibility index (Phi) is 5.37. The number of aryl methyl sites for hydroxylation is 1. The lowest BCUT2D eigenvalue weighted by molar-refractivity contribution is -0.137. The molecule has 1 aromatic heterocycles. The Hall–Kier alpha value is -2.05. The maximum atomic E-state index is 12.0. The van der Waals surface area contributed by atoms with Gasteiger partial charge in [-0.1, -0.05) is 12.8 Å². The number of amides is 2. The van der Waals surface area contributed by atoms with Crippen molar-refractivity contribution in [2.24, 2.45) is 0 Å². The first kappa shape index (κ1) is 16.8. The summed E-state index contributed by atoms with van der Waals surface area (Å²) >= 11 is 0. The van der Waals surface area contributed by atoms with E-state index in [9.17, 15) is 9.59 Å². The van der Waals surface area contributed by atoms with E-state index in [1.807, 2.05) is 0 Å². The van der Waals surface area contributed by atoms with Crippen molar-refractivity contribution in [2.45, 2.75) is 69.9 Å². The second kappa shape index (κ2) is 7.68. The van der Waals surface area contributed by atoms with Gasteiger partial charge in [-0.2, -0.15) is 5.10 Å². The topological polar surface area (TPSA) is 96.3 Å². The van der Waals surface area contributed by atoms with Crippen molar-refractivity contribution < 1.29 is 14.7 Å². The molecule has 1 atom stereocenters. The monoisotopic (exact) mass is 334 g/mol. The van der Waals surface area contributed by atoms with Gasteiger partial charge in [0.05, 0.1) is 17.8 Å². The van der Waals surface area contributed by atoms with Crippen molar-refractivity contribution in [3.63, 3.8) is 0 Å². The fourth-order valence-electron chi connectivity index (χ4n) is 3.71. The third-order valence-corrected chi connectivity index (χ3v) is 4.97. The number of rotatable bonds is 6. The predicted molar refractivity (Wildman–Crippen MR) is 88.8 cm³/mol. The number of carboxylic acids is 1. The molecule has 1 saturated carbocycles. The van der Waals surface area contributed by atoms with Crippen LogP contribution in [0.25, 0.3) is 0 Å². The van der Waals surface area contributed by atoms with Gasteiger partial charge in [0.25, 0.3) is 0 Å². The quantitative estimate of drug-likeness (QED) is 0.697. The molecule has 2 aliphatic rings. The summed E-state index contributed by atoms with van der Waals surface area (Å²) in [6, 6.07) is 0.227. The highest BCUT2D eigenvalue weighted by Crippen LogP contribution is 2.33. The highest BCUT2D eigenvalue weighted by molar-refractivity contribution is 5.74. The lowest BCUT2D eigenvalue weighted by atomic mass is 9.94. The number of fused-ring (bicyclic) bond motifs is 1. The number of hydrogen-bond acceptors (Lipinski definition) is 3. The molecule has 2 aliphatic carbocycles. The highest BCUT2D eigenvalue weighted by atomic mass is 16.4. The largest absolute Gasteiger partial charge is 0.481 e. The molecule has 1 fully saturated rings. The number of aromatic nitrogens is 2. The summed E-state index contributed by atoms with van der Waals surface area (Å²) in [4.78, 5) is 22.5. The molecule has 132 valence electrons. The van der Waals surface area contributed by atoms with E-state index in [4.69, 9.17) is 10.2 Å². The van der Waals surface area contributed by atoms with Crippen molar-refractivity contribution in [3.8, 4) is 0 Å². The number of carboxylic acid groups (broad SMARTS) is 1. The Labute approximate surface area is 141 Å².